The van der Waals surface area contributed by atoms with Gasteiger partial charge in [-0.15, -0.1) is 11.3 Å². The monoisotopic (exact) mass is 377 g/mol. The summed E-state index contributed by atoms with van der Waals surface area (Å²) in [7, 11) is 0. The van der Waals surface area contributed by atoms with Crippen LogP contribution in [0.4, 0.5) is 11.4 Å². The maximum absolute atomic E-state index is 12.9. The lowest BCUT2D eigenvalue weighted by Crippen LogP contribution is -2.46. The second-order valence-electron chi connectivity index (χ2n) is 6.29. The number of nitrogens with one attached hydrogen (secondary N) is 2. The van der Waals surface area contributed by atoms with E-state index in [0.717, 1.165) is 16.1 Å². The van der Waals surface area contributed by atoms with E-state index in [1.807, 2.05) is 60.0 Å². The van der Waals surface area contributed by atoms with Gasteiger partial charge in [0.05, 0.1) is 24.0 Å². The molecule has 0 unspecified atom stereocenters. The molecule has 0 fully saturated rings. The smallest absolute Gasteiger partial charge is 0.244 e. The Morgan fingerprint density at radius 1 is 1.07 bits per heavy atom. The first-order chi connectivity index (χ1) is 13.2. The predicted molar refractivity (Wildman–Crippen MR) is 108 cm³/mol. The summed E-state index contributed by atoms with van der Waals surface area (Å²) in [6.07, 6.45) is 0. The highest BCUT2D eigenvalue weighted by Crippen LogP contribution is 2.29. The van der Waals surface area contributed by atoms with Gasteiger partial charge in [0.15, 0.2) is 0 Å². The van der Waals surface area contributed by atoms with Crippen LogP contribution in [0.2, 0.25) is 0 Å². The molecule has 2 aromatic carbocycles. The van der Waals surface area contributed by atoms with Gasteiger partial charge in [-0.3, -0.25) is 19.8 Å². The van der Waals surface area contributed by atoms with Crippen molar-refractivity contribution in [1.29, 1.82) is 0 Å². The lowest BCUT2D eigenvalue weighted by atomic mass is 10.1. The van der Waals surface area contributed by atoms with Crippen molar-refractivity contribution >= 4 is 34.5 Å². The number of benzene rings is 2. The van der Waals surface area contributed by atoms with Crippen LogP contribution in [-0.2, 0) is 9.59 Å². The van der Waals surface area contributed by atoms with E-state index >= 15 is 0 Å². The Bertz CT molecular complexity index is 941. The highest BCUT2D eigenvalue weighted by Gasteiger charge is 2.27. The fourth-order valence-corrected chi connectivity index (χ4v) is 4.05. The van der Waals surface area contributed by atoms with Gasteiger partial charge in [-0.25, -0.2) is 0 Å². The quantitative estimate of drug-likeness (QED) is 0.716. The minimum atomic E-state index is -0.181. The third kappa shape index (κ3) is 3.77. The number of carbonyl (C=O) groups excluding carboxylic acids is 2. The lowest BCUT2D eigenvalue weighted by molar-refractivity contribution is -0.121. The first-order valence-corrected chi connectivity index (χ1v) is 9.61. The zero-order chi connectivity index (χ0) is 18.6. The van der Waals surface area contributed by atoms with Crippen molar-refractivity contribution in [2.45, 2.75) is 6.04 Å². The fourth-order valence-electron chi connectivity index (χ4n) is 3.22. The van der Waals surface area contributed by atoms with Crippen LogP contribution in [0, 0.1) is 0 Å². The number of anilines is 2. The van der Waals surface area contributed by atoms with Crippen LogP contribution < -0.4 is 15.5 Å². The molecule has 2 heterocycles. The van der Waals surface area contributed by atoms with Gasteiger partial charge >= 0.3 is 0 Å². The molecular weight excluding hydrogens is 358 g/mol. The highest BCUT2D eigenvalue weighted by molar-refractivity contribution is 7.10. The minimum absolute atomic E-state index is 0.0343. The maximum Gasteiger partial charge on any atom is 0.244 e. The molecule has 2 N–H and O–H groups in total. The molecule has 0 saturated heterocycles. The summed E-state index contributed by atoms with van der Waals surface area (Å²) in [5.41, 5.74) is 2.50. The molecule has 3 aromatic rings. The van der Waals surface area contributed by atoms with E-state index in [0.29, 0.717) is 5.69 Å². The molecule has 27 heavy (non-hydrogen) atoms. The van der Waals surface area contributed by atoms with Crippen molar-refractivity contribution in [3.8, 4) is 0 Å². The van der Waals surface area contributed by atoms with Crippen molar-refractivity contribution in [3.63, 3.8) is 0 Å². The number of nitrogens with zero attached hydrogens (tertiary/aromatic N) is 1. The van der Waals surface area contributed by atoms with E-state index < -0.39 is 0 Å². The maximum atomic E-state index is 12.9. The van der Waals surface area contributed by atoms with Crippen LogP contribution in [0.5, 0.6) is 0 Å². The summed E-state index contributed by atoms with van der Waals surface area (Å²) in [6.45, 7) is 0.172. The molecular formula is C21H19N3O2S. The highest BCUT2D eigenvalue weighted by atomic mass is 32.1. The third-order valence-electron chi connectivity index (χ3n) is 4.49. The molecule has 0 aliphatic carbocycles. The standard InChI is InChI=1S/C21H19N3O2S/c25-19-14-24(17-10-5-4-9-16(17)23-19)20(26)13-22-21(18-11-6-12-27-18)15-7-2-1-3-8-15/h1-12,21-22H,13-14H2,(H,23,25)/t21-/m0/s1. The van der Waals surface area contributed by atoms with Crippen molar-refractivity contribution in [2.24, 2.45) is 0 Å². The summed E-state index contributed by atoms with van der Waals surface area (Å²) in [6, 6.07) is 21.4. The summed E-state index contributed by atoms with van der Waals surface area (Å²) >= 11 is 1.65. The normalized spacial score (nSPS) is 14.4. The molecule has 6 heteroatoms. The van der Waals surface area contributed by atoms with Gasteiger partial charge in [-0.2, -0.15) is 0 Å². The van der Waals surface area contributed by atoms with Crippen molar-refractivity contribution in [3.05, 3.63) is 82.6 Å². The third-order valence-corrected chi connectivity index (χ3v) is 5.43. The van der Waals surface area contributed by atoms with E-state index in [1.165, 1.54) is 4.90 Å². The van der Waals surface area contributed by atoms with Gasteiger partial charge in [-0.05, 0) is 29.1 Å². The van der Waals surface area contributed by atoms with Crippen LogP contribution >= 0.6 is 11.3 Å². The zero-order valence-electron chi connectivity index (χ0n) is 14.6. The van der Waals surface area contributed by atoms with Crippen molar-refractivity contribution in [2.75, 3.05) is 23.3 Å². The second-order valence-corrected chi connectivity index (χ2v) is 7.26. The van der Waals surface area contributed by atoms with Gasteiger partial charge in [-0.1, -0.05) is 48.5 Å². The number of hydrogen-bond acceptors (Lipinski definition) is 4. The Balaban J connectivity index is 1.53. The molecule has 1 atom stereocenters. The SMILES string of the molecule is O=C1CN(C(=O)CN[C@@H](c2ccccc2)c2cccs2)c2ccccc2N1. The molecule has 1 aromatic heterocycles. The van der Waals surface area contributed by atoms with Gasteiger partial charge in [0.2, 0.25) is 11.8 Å². The zero-order valence-corrected chi connectivity index (χ0v) is 15.4. The van der Waals surface area contributed by atoms with Crippen LogP contribution in [0.3, 0.4) is 0 Å². The molecule has 0 spiro atoms. The topological polar surface area (TPSA) is 61.4 Å². The van der Waals surface area contributed by atoms with E-state index in [2.05, 4.69) is 16.7 Å². The minimum Gasteiger partial charge on any atom is -0.323 e. The van der Waals surface area contributed by atoms with Gasteiger partial charge in [0.25, 0.3) is 0 Å². The number of rotatable bonds is 5. The average molecular weight is 377 g/mol. The summed E-state index contributed by atoms with van der Waals surface area (Å²) in [5, 5.41) is 8.20. The van der Waals surface area contributed by atoms with Crippen LogP contribution in [0.15, 0.2) is 72.1 Å². The molecule has 0 bridgehead atoms. The van der Waals surface area contributed by atoms with E-state index in [9.17, 15) is 9.59 Å². The number of thiophene rings is 1. The number of carbonyl (C=O) groups is 2. The largest absolute Gasteiger partial charge is 0.323 e. The second kappa shape index (κ2) is 7.73. The van der Waals surface area contributed by atoms with E-state index in [-0.39, 0.29) is 30.9 Å². The first kappa shape index (κ1) is 17.5. The lowest BCUT2D eigenvalue weighted by Gasteiger charge is -2.30. The summed E-state index contributed by atoms with van der Waals surface area (Å²) in [5.74, 6) is -0.310. The van der Waals surface area contributed by atoms with Gasteiger partial charge < -0.3 is 5.32 Å². The molecule has 4 rings (SSSR count). The van der Waals surface area contributed by atoms with Crippen LogP contribution in [0.25, 0.3) is 0 Å². The molecule has 136 valence electrons. The number of amides is 2. The number of fused-ring (bicyclic) bond motifs is 1. The molecule has 0 saturated carbocycles. The predicted octanol–water partition coefficient (Wildman–Crippen LogP) is 3.41. The Hall–Kier alpha value is -2.96. The molecule has 1 aliphatic heterocycles. The molecule has 0 radical (unpaired) electrons. The molecule has 2 amide bonds. The average Bonchev–Trinajstić information content (AvgIpc) is 3.22. The van der Waals surface area contributed by atoms with Crippen LogP contribution in [0.1, 0.15) is 16.5 Å². The summed E-state index contributed by atoms with van der Waals surface area (Å²) < 4.78 is 0. The Morgan fingerprint density at radius 3 is 2.63 bits per heavy atom. The number of hydrogen-bond donors (Lipinski definition) is 2. The van der Waals surface area contributed by atoms with Gasteiger partial charge in [0.1, 0.15) is 6.54 Å². The Labute approximate surface area is 161 Å². The Morgan fingerprint density at radius 2 is 1.85 bits per heavy atom. The Kier molecular flexibility index (Phi) is 5.00. The van der Waals surface area contributed by atoms with Crippen molar-refractivity contribution in [1.82, 2.24) is 5.32 Å². The van der Waals surface area contributed by atoms with Gasteiger partial charge in [0, 0.05) is 4.88 Å². The molecule has 5 nitrogen and oxygen atoms in total. The fraction of sp³-hybridized carbons (Fsp3) is 0.143. The van der Waals surface area contributed by atoms with E-state index in [1.54, 1.807) is 17.4 Å². The van der Waals surface area contributed by atoms with Crippen molar-refractivity contribution < 1.29 is 9.59 Å². The first-order valence-electron chi connectivity index (χ1n) is 8.73. The van der Waals surface area contributed by atoms with E-state index in [4.69, 9.17) is 0 Å². The van der Waals surface area contributed by atoms with Crippen LogP contribution in [-0.4, -0.2) is 24.9 Å². The number of para-hydroxylation sites is 2. The summed E-state index contributed by atoms with van der Waals surface area (Å²) in [4.78, 5) is 27.5. The molecule has 1 aliphatic rings.